The molecule has 0 spiro atoms. The number of anilines is 2. The Balaban J connectivity index is 1.30. The van der Waals surface area contributed by atoms with Crippen LogP contribution in [-0.4, -0.2) is 62.2 Å². The average Bonchev–Trinajstić information content (AvgIpc) is 2.92. The summed E-state index contributed by atoms with van der Waals surface area (Å²) >= 11 is 0. The molecule has 0 radical (unpaired) electrons. The molecule has 0 bridgehead atoms. The van der Waals surface area contributed by atoms with E-state index < -0.39 is 0 Å². The quantitative estimate of drug-likeness (QED) is 0.632. The molecule has 1 N–H and O–H groups in total. The Morgan fingerprint density at radius 1 is 1.06 bits per heavy atom. The van der Waals surface area contributed by atoms with Crippen molar-refractivity contribution >= 4 is 33.7 Å². The number of ether oxygens (including phenoxy) is 1. The smallest absolute Gasteiger partial charge is 0.113 e. The zero-order valence-corrected chi connectivity index (χ0v) is 20.1. The van der Waals surface area contributed by atoms with Crippen molar-refractivity contribution in [2.45, 2.75) is 32.0 Å². The minimum atomic E-state index is -0.0582. The number of morpholine rings is 1. The van der Waals surface area contributed by atoms with Gasteiger partial charge in [-0.3, -0.25) is 9.98 Å². The van der Waals surface area contributed by atoms with Crippen LogP contribution >= 0.6 is 0 Å². The maximum Gasteiger partial charge on any atom is 0.113 e. The first kappa shape index (κ1) is 22.0. The summed E-state index contributed by atoms with van der Waals surface area (Å²) in [6, 6.07) is 16.9. The van der Waals surface area contributed by atoms with E-state index in [1.54, 1.807) is 6.20 Å². The van der Waals surface area contributed by atoms with E-state index in [0.717, 1.165) is 80.1 Å². The van der Waals surface area contributed by atoms with E-state index in [4.69, 9.17) is 9.73 Å². The van der Waals surface area contributed by atoms with Gasteiger partial charge in [-0.1, -0.05) is 6.07 Å². The summed E-state index contributed by atoms with van der Waals surface area (Å²) in [5, 5.41) is 14.0. The molecule has 7 nitrogen and oxygen atoms in total. The van der Waals surface area contributed by atoms with Gasteiger partial charge in [0.1, 0.15) is 12.2 Å². The second-order valence-electron chi connectivity index (χ2n) is 9.64. The number of pyridine rings is 1. The number of nitrogens with one attached hydrogen (secondary N) is 1. The van der Waals surface area contributed by atoms with E-state index in [9.17, 15) is 5.26 Å². The predicted octanol–water partition coefficient (Wildman–Crippen LogP) is 3.83. The Morgan fingerprint density at radius 3 is 2.80 bits per heavy atom. The van der Waals surface area contributed by atoms with Gasteiger partial charge >= 0.3 is 0 Å². The van der Waals surface area contributed by atoms with E-state index in [0.29, 0.717) is 5.56 Å². The van der Waals surface area contributed by atoms with Gasteiger partial charge in [-0.15, -0.1) is 0 Å². The van der Waals surface area contributed by atoms with Crippen LogP contribution in [0.5, 0.6) is 0 Å². The SMILES string of the molecule is C[C@@H]1CN(c2ccc(C#N)c3ncccc23)C[C@H](C2=Nc3cc(N4CCNCC4)ccc3CC2)O1. The summed E-state index contributed by atoms with van der Waals surface area (Å²) in [5.41, 5.74) is 7.25. The highest BCUT2D eigenvalue weighted by Crippen LogP contribution is 2.34. The number of rotatable bonds is 3. The molecule has 3 aromatic rings. The van der Waals surface area contributed by atoms with Gasteiger partial charge in [0.05, 0.1) is 22.9 Å². The Bertz CT molecular complexity index is 1320. The van der Waals surface area contributed by atoms with Crippen molar-refractivity contribution < 1.29 is 4.74 Å². The molecule has 6 rings (SSSR count). The molecule has 4 heterocycles. The molecule has 35 heavy (non-hydrogen) atoms. The first-order chi connectivity index (χ1) is 17.2. The topological polar surface area (TPSA) is 76.8 Å². The van der Waals surface area contributed by atoms with Crippen molar-refractivity contribution in [3.8, 4) is 6.07 Å². The van der Waals surface area contributed by atoms with Crippen LogP contribution in [0.25, 0.3) is 10.9 Å². The standard InChI is InChI=1S/C28H30N6O/c1-19-17-34(26-9-6-21(16-29)28-23(26)3-2-10-31-28)18-27(35-19)24-8-5-20-4-7-22(15-25(20)32-24)33-13-11-30-12-14-33/h2-4,6-7,9-10,15,19,27,30H,5,8,11-14,17-18H2,1H3/t19-,27-/m1/s1. The van der Waals surface area contributed by atoms with Gasteiger partial charge < -0.3 is 19.9 Å². The highest BCUT2D eigenvalue weighted by Gasteiger charge is 2.31. The van der Waals surface area contributed by atoms with Crippen molar-refractivity contribution in [2.75, 3.05) is 49.1 Å². The lowest BCUT2D eigenvalue weighted by Gasteiger charge is -2.39. The highest BCUT2D eigenvalue weighted by atomic mass is 16.5. The molecule has 2 atom stereocenters. The van der Waals surface area contributed by atoms with Crippen molar-refractivity contribution in [1.82, 2.24) is 10.3 Å². The second-order valence-corrected chi connectivity index (χ2v) is 9.64. The largest absolute Gasteiger partial charge is 0.369 e. The molecule has 2 aromatic carbocycles. The van der Waals surface area contributed by atoms with E-state index in [-0.39, 0.29) is 12.2 Å². The fourth-order valence-corrected chi connectivity index (χ4v) is 5.55. The van der Waals surface area contributed by atoms with E-state index in [1.165, 1.54) is 11.3 Å². The van der Waals surface area contributed by atoms with E-state index >= 15 is 0 Å². The molecule has 0 unspecified atom stereocenters. The number of aryl methyl sites for hydroxylation is 1. The fourth-order valence-electron chi connectivity index (χ4n) is 5.55. The molecule has 2 fully saturated rings. The van der Waals surface area contributed by atoms with Crippen LogP contribution in [0.15, 0.2) is 53.7 Å². The molecule has 0 aliphatic carbocycles. The lowest BCUT2D eigenvalue weighted by Crippen LogP contribution is -2.50. The van der Waals surface area contributed by atoms with Crippen LogP contribution in [0, 0.1) is 11.3 Å². The number of hydrogen-bond acceptors (Lipinski definition) is 7. The second kappa shape index (κ2) is 9.29. The van der Waals surface area contributed by atoms with Gasteiger partial charge in [0.25, 0.3) is 0 Å². The number of fused-ring (bicyclic) bond motifs is 2. The van der Waals surface area contributed by atoms with E-state index in [1.807, 2.05) is 12.1 Å². The van der Waals surface area contributed by atoms with Crippen LogP contribution in [0.3, 0.4) is 0 Å². The highest BCUT2D eigenvalue weighted by molar-refractivity contribution is 5.97. The minimum Gasteiger partial charge on any atom is -0.369 e. The van der Waals surface area contributed by atoms with Crippen molar-refractivity contribution in [1.29, 1.82) is 5.26 Å². The van der Waals surface area contributed by atoms with Crippen LogP contribution in [-0.2, 0) is 11.2 Å². The zero-order valence-electron chi connectivity index (χ0n) is 20.1. The molecule has 2 saturated heterocycles. The summed E-state index contributed by atoms with van der Waals surface area (Å²) in [5.74, 6) is 0. The Labute approximate surface area is 206 Å². The van der Waals surface area contributed by atoms with Gasteiger partial charge in [-0.05, 0) is 61.7 Å². The van der Waals surface area contributed by atoms with Crippen molar-refractivity contribution in [3.63, 3.8) is 0 Å². The Hall–Kier alpha value is -3.47. The van der Waals surface area contributed by atoms with Gasteiger partial charge in [0.15, 0.2) is 0 Å². The number of nitrogens with zero attached hydrogens (tertiary/aromatic N) is 5. The molecular formula is C28H30N6O. The molecule has 0 saturated carbocycles. The van der Waals surface area contributed by atoms with Gasteiger partial charge in [0, 0.05) is 67.9 Å². The number of aromatic nitrogens is 1. The van der Waals surface area contributed by atoms with Gasteiger partial charge in [-0.25, -0.2) is 0 Å². The monoisotopic (exact) mass is 466 g/mol. The summed E-state index contributed by atoms with van der Waals surface area (Å²) in [7, 11) is 0. The Morgan fingerprint density at radius 2 is 1.94 bits per heavy atom. The number of hydrogen-bond donors (Lipinski definition) is 1. The first-order valence-corrected chi connectivity index (χ1v) is 12.5. The van der Waals surface area contributed by atoms with Crippen molar-refractivity contribution in [2.24, 2.45) is 4.99 Å². The van der Waals surface area contributed by atoms with Gasteiger partial charge in [-0.2, -0.15) is 5.26 Å². The van der Waals surface area contributed by atoms with Crippen LogP contribution < -0.4 is 15.1 Å². The van der Waals surface area contributed by atoms with Crippen LogP contribution in [0.2, 0.25) is 0 Å². The summed E-state index contributed by atoms with van der Waals surface area (Å²) in [4.78, 5) is 14.4. The third kappa shape index (κ3) is 4.24. The molecule has 178 valence electrons. The summed E-state index contributed by atoms with van der Waals surface area (Å²) in [6.07, 6.45) is 3.68. The summed E-state index contributed by atoms with van der Waals surface area (Å²) < 4.78 is 6.44. The lowest BCUT2D eigenvalue weighted by molar-refractivity contribution is 0.0196. The van der Waals surface area contributed by atoms with Crippen molar-refractivity contribution in [3.05, 3.63) is 59.8 Å². The normalized spacial score (nSPS) is 22.5. The molecule has 7 heteroatoms. The van der Waals surface area contributed by atoms with E-state index in [2.05, 4.69) is 63.4 Å². The maximum absolute atomic E-state index is 9.53. The number of piperazine rings is 1. The zero-order chi connectivity index (χ0) is 23.8. The predicted molar refractivity (Wildman–Crippen MR) is 140 cm³/mol. The Kier molecular flexibility index (Phi) is 5.85. The molecule has 0 amide bonds. The molecule has 1 aromatic heterocycles. The maximum atomic E-state index is 9.53. The number of benzene rings is 2. The molecule has 3 aliphatic rings. The number of nitriles is 1. The van der Waals surface area contributed by atoms with Crippen LogP contribution in [0.4, 0.5) is 17.1 Å². The molecule has 3 aliphatic heterocycles. The van der Waals surface area contributed by atoms with Crippen LogP contribution in [0.1, 0.15) is 24.5 Å². The summed E-state index contributed by atoms with van der Waals surface area (Å²) in [6.45, 7) is 7.77. The number of aliphatic imine (C=N–C) groups is 1. The third-order valence-electron chi connectivity index (χ3n) is 7.31. The minimum absolute atomic E-state index is 0.0582. The molecular weight excluding hydrogens is 436 g/mol. The third-order valence-corrected chi connectivity index (χ3v) is 7.31. The first-order valence-electron chi connectivity index (χ1n) is 12.5. The van der Waals surface area contributed by atoms with Gasteiger partial charge in [0.2, 0.25) is 0 Å². The lowest BCUT2D eigenvalue weighted by atomic mass is 9.96. The average molecular weight is 467 g/mol. The fraction of sp³-hybridized carbons (Fsp3) is 0.393.